The number of nitrogen functional groups attached to an aromatic ring is 2. The van der Waals surface area contributed by atoms with Crippen molar-refractivity contribution in [1.82, 2.24) is 0 Å². The zero-order valence-electron chi connectivity index (χ0n) is 19.8. The van der Waals surface area contributed by atoms with E-state index in [1.807, 2.05) is 0 Å². The van der Waals surface area contributed by atoms with E-state index in [2.05, 4.69) is 10.6 Å². The van der Waals surface area contributed by atoms with E-state index in [-0.39, 0.29) is 22.3 Å². The molecule has 0 unspecified atom stereocenters. The Morgan fingerprint density at radius 1 is 0.500 bits per heavy atom. The lowest BCUT2D eigenvalue weighted by atomic mass is 9.95. The largest absolute Gasteiger partial charge is 0.478 e. The van der Waals surface area contributed by atoms with Gasteiger partial charge in [0.15, 0.2) is 0 Å². The summed E-state index contributed by atoms with van der Waals surface area (Å²) in [6.45, 7) is 0. The zero-order valence-corrected chi connectivity index (χ0v) is 19.8. The molecule has 190 valence electrons. The van der Waals surface area contributed by atoms with Gasteiger partial charge >= 0.3 is 11.9 Å². The van der Waals surface area contributed by atoms with Gasteiger partial charge in [-0.05, 0) is 83.9 Å². The van der Waals surface area contributed by atoms with Crippen LogP contribution in [0.1, 0.15) is 41.4 Å². The summed E-state index contributed by atoms with van der Waals surface area (Å²) >= 11 is 0. The standard InChI is InChI=1S/C28H22N4O6/c29-17-3-7-19(8-4-17)31-25(33)23-13-15(1-11-21(23)27(35)36)16-2-12-22(28(37)38)24(14-16)26(34)32-20-9-5-18(30)6-10-20/h1-14H,29-30H2,(H,31,33)(H,32,34)(H,35,36)(H,37,38). The number of nitrogens with one attached hydrogen (secondary N) is 2. The fourth-order valence-electron chi connectivity index (χ4n) is 3.73. The van der Waals surface area contributed by atoms with Crippen LogP contribution in [0.4, 0.5) is 22.7 Å². The van der Waals surface area contributed by atoms with Crippen LogP contribution in [-0.4, -0.2) is 34.0 Å². The Morgan fingerprint density at radius 2 is 0.842 bits per heavy atom. The first-order valence-corrected chi connectivity index (χ1v) is 11.2. The molecule has 10 heteroatoms. The van der Waals surface area contributed by atoms with E-state index in [1.165, 1.54) is 36.4 Å². The number of hydrogen-bond acceptors (Lipinski definition) is 6. The molecule has 0 aliphatic rings. The van der Waals surface area contributed by atoms with Gasteiger partial charge in [-0.15, -0.1) is 0 Å². The Morgan fingerprint density at radius 3 is 1.16 bits per heavy atom. The summed E-state index contributed by atoms with van der Waals surface area (Å²) in [7, 11) is 0. The Kier molecular flexibility index (Phi) is 7.06. The Hall–Kier alpha value is -5.64. The van der Waals surface area contributed by atoms with Crippen LogP contribution in [0.5, 0.6) is 0 Å². The van der Waals surface area contributed by atoms with Crippen LogP contribution in [-0.2, 0) is 0 Å². The van der Waals surface area contributed by atoms with Gasteiger partial charge in [0.25, 0.3) is 11.8 Å². The maximum absolute atomic E-state index is 13.0. The van der Waals surface area contributed by atoms with E-state index < -0.39 is 23.8 Å². The summed E-state index contributed by atoms with van der Waals surface area (Å²) in [5, 5.41) is 24.5. The number of carbonyl (C=O) groups excluding carboxylic acids is 2. The molecular weight excluding hydrogens is 488 g/mol. The molecule has 0 bridgehead atoms. The molecular formula is C28H22N4O6. The smallest absolute Gasteiger partial charge is 0.336 e. The van der Waals surface area contributed by atoms with Crippen molar-refractivity contribution >= 4 is 46.5 Å². The Labute approximate surface area is 216 Å². The number of hydrogen-bond donors (Lipinski definition) is 6. The van der Waals surface area contributed by atoms with E-state index in [0.29, 0.717) is 33.9 Å². The van der Waals surface area contributed by atoms with Gasteiger partial charge in [-0.1, -0.05) is 12.1 Å². The monoisotopic (exact) mass is 510 g/mol. The molecule has 8 N–H and O–H groups in total. The maximum Gasteiger partial charge on any atom is 0.336 e. The lowest BCUT2D eigenvalue weighted by Crippen LogP contribution is -2.17. The van der Waals surface area contributed by atoms with Gasteiger partial charge in [0.05, 0.1) is 22.3 Å². The van der Waals surface area contributed by atoms with E-state index >= 15 is 0 Å². The summed E-state index contributed by atoms with van der Waals surface area (Å²) in [6, 6.07) is 20.9. The van der Waals surface area contributed by atoms with Crippen molar-refractivity contribution in [2.75, 3.05) is 22.1 Å². The number of carbonyl (C=O) groups is 4. The minimum absolute atomic E-state index is 0.123. The summed E-state index contributed by atoms with van der Waals surface area (Å²) in [4.78, 5) is 49.6. The highest BCUT2D eigenvalue weighted by Gasteiger charge is 2.21. The van der Waals surface area contributed by atoms with Crippen LogP contribution in [0.2, 0.25) is 0 Å². The van der Waals surface area contributed by atoms with Gasteiger partial charge in [-0.3, -0.25) is 9.59 Å². The van der Waals surface area contributed by atoms with Crippen LogP contribution < -0.4 is 22.1 Å². The van der Waals surface area contributed by atoms with Crippen molar-refractivity contribution < 1.29 is 29.4 Å². The van der Waals surface area contributed by atoms with Crippen LogP contribution >= 0.6 is 0 Å². The summed E-state index contributed by atoms with van der Waals surface area (Å²) in [5.74, 6) is -3.94. The minimum Gasteiger partial charge on any atom is -0.478 e. The number of benzene rings is 4. The lowest BCUT2D eigenvalue weighted by molar-refractivity contribution is 0.0683. The van der Waals surface area contributed by atoms with E-state index in [1.54, 1.807) is 48.5 Å². The van der Waals surface area contributed by atoms with Gasteiger partial charge < -0.3 is 32.3 Å². The van der Waals surface area contributed by atoms with E-state index in [9.17, 15) is 29.4 Å². The number of anilines is 4. The number of nitrogens with two attached hydrogens (primary N) is 2. The molecule has 4 aromatic rings. The molecule has 0 atom stereocenters. The fraction of sp³-hybridized carbons (Fsp3) is 0. The summed E-state index contributed by atoms with van der Waals surface area (Å²) < 4.78 is 0. The SMILES string of the molecule is Nc1ccc(NC(=O)c2cc(-c3ccc(C(=O)O)c(C(=O)Nc4ccc(N)cc4)c3)ccc2C(=O)O)cc1. The highest BCUT2D eigenvalue weighted by Crippen LogP contribution is 2.27. The molecule has 10 nitrogen and oxygen atoms in total. The van der Waals surface area contributed by atoms with Crippen molar-refractivity contribution in [1.29, 1.82) is 0 Å². The predicted molar refractivity (Wildman–Crippen MR) is 143 cm³/mol. The molecule has 0 heterocycles. The topological polar surface area (TPSA) is 185 Å². The number of aromatic carboxylic acids is 2. The zero-order chi connectivity index (χ0) is 27.4. The molecule has 0 aromatic heterocycles. The molecule has 0 aliphatic heterocycles. The first-order valence-electron chi connectivity index (χ1n) is 11.2. The highest BCUT2D eigenvalue weighted by molar-refractivity contribution is 6.13. The average molecular weight is 511 g/mol. The normalized spacial score (nSPS) is 10.4. The number of carboxylic acids is 2. The highest BCUT2D eigenvalue weighted by atomic mass is 16.4. The molecule has 0 fully saturated rings. The van der Waals surface area contributed by atoms with Gasteiger partial charge in [0, 0.05) is 22.7 Å². The number of amides is 2. The van der Waals surface area contributed by atoms with Crippen LogP contribution in [0.25, 0.3) is 11.1 Å². The van der Waals surface area contributed by atoms with Gasteiger partial charge in [-0.25, -0.2) is 9.59 Å². The van der Waals surface area contributed by atoms with Crippen molar-refractivity contribution in [2.24, 2.45) is 0 Å². The molecule has 2 amide bonds. The average Bonchev–Trinajstić information content (AvgIpc) is 2.90. The summed E-state index contributed by atoms with van der Waals surface area (Å²) in [5.41, 5.74) is 13.2. The van der Waals surface area contributed by atoms with Gasteiger partial charge in [-0.2, -0.15) is 0 Å². The van der Waals surface area contributed by atoms with Gasteiger partial charge in [0.1, 0.15) is 0 Å². The molecule has 0 radical (unpaired) electrons. The molecule has 0 saturated heterocycles. The summed E-state index contributed by atoms with van der Waals surface area (Å²) in [6.07, 6.45) is 0. The third-order valence-corrected chi connectivity index (χ3v) is 5.66. The Balaban J connectivity index is 1.72. The molecule has 38 heavy (non-hydrogen) atoms. The molecule has 0 aliphatic carbocycles. The van der Waals surface area contributed by atoms with Crippen molar-refractivity contribution in [3.05, 3.63) is 107 Å². The van der Waals surface area contributed by atoms with Crippen LogP contribution in [0.3, 0.4) is 0 Å². The molecule has 4 aromatic carbocycles. The number of carboxylic acid groups (broad SMARTS) is 2. The van der Waals surface area contributed by atoms with Crippen LogP contribution in [0, 0.1) is 0 Å². The van der Waals surface area contributed by atoms with E-state index in [0.717, 1.165) is 0 Å². The predicted octanol–water partition coefficient (Wildman–Crippen LogP) is 4.42. The second kappa shape index (κ2) is 10.5. The molecule has 4 rings (SSSR count). The first-order chi connectivity index (χ1) is 18.1. The fourth-order valence-corrected chi connectivity index (χ4v) is 3.73. The third-order valence-electron chi connectivity index (χ3n) is 5.66. The quantitative estimate of drug-likeness (QED) is 0.197. The van der Waals surface area contributed by atoms with Crippen molar-refractivity contribution in [3.8, 4) is 11.1 Å². The Bertz CT molecular complexity index is 1440. The van der Waals surface area contributed by atoms with Gasteiger partial charge in [0.2, 0.25) is 0 Å². The first kappa shape index (κ1) is 25.5. The molecule has 0 spiro atoms. The second-order valence-electron chi connectivity index (χ2n) is 8.28. The number of rotatable bonds is 7. The minimum atomic E-state index is -1.30. The van der Waals surface area contributed by atoms with E-state index in [4.69, 9.17) is 11.5 Å². The second-order valence-corrected chi connectivity index (χ2v) is 8.28. The van der Waals surface area contributed by atoms with Crippen LogP contribution in [0.15, 0.2) is 84.9 Å². The third kappa shape index (κ3) is 5.60. The van der Waals surface area contributed by atoms with Crippen molar-refractivity contribution in [2.45, 2.75) is 0 Å². The maximum atomic E-state index is 13.0. The lowest BCUT2D eigenvalue weighted by Gasteiger charge is -2.13. The molecule has 0 saturated carbocycles. The van der Waals surface area contributed by atoms with Crippen molar-refractivity contribution in [3.63, 3.8) is 0 Å².